The Kier molecular flexibility index (Phi) is 2.69. The molecule has 0 radical (unpaired) electrons. The van der Waals surface area contributed by atoms with E-state index in [1.807, 2.05) is 30.9 Å². The third kappa shape index (κ3) is 2.31. The Bertz CT molecular complexity index is 332. The Hall–Kier alpha value is -1.03. The van der Waals surface area contributed by atoms with Crippen LogP contribution in [0.2, 0.25) is 0 Å². The molecule has 1 unspecified atom stereocenters. The number of hydrogen-bond donors (Lipinski definition) is 1. The number of aliphatic hydroxyl groups is 1. The molecule has 2 heterocycles. The minimum Gasteiger partial charge on any atom is -0.390 e. The second-order valence-electron chi connectivity index (χ2n) is 4.65. The fourth-order valence-electron chi connectivity index (χ4n) is 2.17. The van der Waals surface area contributed by atoms with Gasteiger partial charge in [-0.3, -0.25) is 4.68 Å². The average Bonchev–Trinajstić information content (AvgIpc) is 2.49. The van der Waals surface area contributed by atoms with E-state index in [-0.39, 0.29) is 0 Å². The summed E-state index contributed by atoms with van der Waals surface area (Å²) in [5.41, 5.74) is -0.493. The van der Waals surface area contributed by atoms with Crippen LogP contribution in [0.25, 0.3) is 0 Å². The lowest BCUT2D eigenvalue weighted by molar-refractivity contribution is 0.0481. The van der Waals surface area contributed by atoms with Gasteiger partial charge < -0.3 is 10.0 Å². The summed E-state index contributed by atoms with van der Waals surface area (Å²) in [6, 6.07) is 2.03. The predicted molar refractivity (Wildman–Crippen MR) is 59.9 cm³/mol. The Balaban J connectivity index is 2.09. The van der Waals surface area contributed by atoms with E-state index in [9.17, 15) is 5.11 Å². The van der Waals surface area contributed by atoms with E-state index in [2.05, 4.69) is 10.00 Å². The minimum absolute atomic E-state index is 0.493. The van der Waals surface area contributed by atoms with Crippen LogP contribution >= 0.6 is 0 Å². The standard InChI is InChI=1S/C11H19N3O/c1-11(15)5-3-8-14(9-6-11)10-4-7-12-13(10)2/h4,7,15H,3,5-6,8-9H2,1-2H3. The van der Waals surface area contributed by atoms with Crippen LogP contribution in [0.3, 0.4) is 0 Å². The highest BCUT2D eigenvalue weighted by molar-refractivity contribution is 5.38. The third-order valence-electron chi connectivity index (χ3n) is 3.18. The zero-order valence-corrected chi connectivity index (χ0v) is 9.48. The highest BCUT2D eigenvalue weighted by atomic mass is 16.3. The van der Waals surface area contributed by atoms with E-state index in [0.717, 1.165) is 38.2 Å². The van der Waals surface area contributed by atoms with Gasteiger partial charge in [0.1, 0.15) is 5.82 Å². The third-order valence-corrected chi connectivity index (χ3v) is 3.18. The van der Waals surface area contributed by atoms with Crippen LogP contribution in [-0.4, -0.2) is 33.6 Å². The van der Waals surface area contributed by atoms with Gasteiger partial charge in [-0.25, -0.2) is 0 Å². The molecule has 1 N–H and O–H groups in total. The fourth-order valence-corrected chi connectivity index (χ4v) is 2.17. The molecule has 0 amide bonds. The highest BCUT2D eigenvalue weighted by Crippen LogP contribution is 2.24. The van der Waals surface area contributed by atoms with Gasteiger partial charge in [0.25, 0.3) is 0 Å². The van der Waals surface area contributed by atoms with Gasteiger partial charge in [-0.2, -0.15) is 5.10 Å². The van der Waals surface area contributed by atoms with Gasteiger partial charge >= 0.3 is 0 Å². The second-order valence-corrected chi connectivity index (χ2v) is 4.65. The number of hydrogen-bond acceptors (Lipinski definition) is 3. The first-order valence-corrected chi connectivity index (χ1v) is 5.54. The van der Waals surface area contributed by atoms with Crippen molar-refractivity contribution in [2.24, 2.45) is 7.05 Å². The zero-order valence-electron chi connectivity index (χ0n) is 9.48. The predicted octanol–water partition coefficient (Wildman–Crippen LogP) is 1.16. The van der Waals surface area contributed by atoms with Crippen LogP contribution in [0.1, 0.15) is 26.2 Å². The quantitative estimate of drug-likeness (QED) is 0.754. The molecule has 2 rings (SSSR count). The van der Waals surface area contributed by atoms with Crippen LogP contribution < -0.4 is 4.90 Å². The molecule has 1 aromatic heterocycles. The highest BCUT2D eigenvalue weighted by Gasteiger charge is 2.25. The number of rotatable bonds is 1. The van der Waals surface area contributed by atoms with Gasteiger partial charge in [0, 0.05) is 26.2 Å². The molecule has 15 heavy (non-hydrogen) atoms. The molecule has 1 aliphatic heterocycles. The summed E-state index contributed by atoms with van der Waals surface area (Å²) in [6.45, 7) is 3.85. The summed E-state index contributed by atoms with van der Waals surface area (Å²) in [5, 5.41) is 14.2. The van der Waals surface area contributed by atoms with Crippen molar-refractivity contribution in [1.29, 1.82) is 0 Å². The molecule has 0 aromatic carbocycles. The van der Waals surface area contributed by atoms with E-state index >= 15 is 0 Å². The Labute approximate surface area is 90.5 Å². The lowest BCUT2D eigenvalue weighted by Gasteiger charge is -2.23. The molecule has 84 valence electrons. The SMILES string of the molecule is Cn1nccc1N1CCCC(C)(O)CC1. The summed E-state index contributed by atoms with van der Waals surface area (Å²) in [4.78, 5) is 2.30. The molecular weight excluding hydrogens is 190 g/mol. The van der Waals surface area contributed by atoms with Gasteiger partial charge in [-0.05, 0) is 26.2 Å². The summed E-state index contributed by atoms with van der Waals surface area (Å²) in [6.07, 6.45) is 4.58. The van der Waals surface area contributed by atoms with Crippen LogP contribution in [-0.2, 0) is 7.05 Å². The maximum atomic E-state index is 9.99. The van der Waals surface area contributed by atoms with Crippen molar-refractivity contribution in [1.82, 2.24) is 9.78 Å². The molecule has 1 fully saturated rings. The van der Waals surface area contributed by atoms with Crippen molar-refractivity contribution in [2.75, 3.05) is 18.0 Å². The number of aromatic nitrogens is 2. The molecule has 1 aliphatic rings. The first-order chi connectivity index (χ1) is 7.08. The molecule has 4 nitrogen and oxygen atoms in total. The van der Waals surface area contributed by atoms with Crippen LogP contribution in [0.5, 0.6) is 0 Å². The van der Waals surface area contributed by atoms with Crippen molar-refractivity contribution >= 4 is 5.82 Å². The molecule has 0 bridgehead atoms. The van der Waals surface area contributed by atoms with Crippen molar-refractivity contribution in [3.63, 3.8) is 0 Å². The maximum Gasteiger partial charge on any atom is 0.126 e. The van der Waals surface area contributed by atoms with E-state index in [4.69, 9.17) is 0 Å². The van der Waals surface area contributed by atoms with Gasteiger partial charge in [0.15, 0.2) is 0 Å². The number of anilines is 1. The topological polar surface area (TPSA) is 41.3 Å². The molecule has 1 saturated heterocycles. The minimum atomic E-state index is -0.493. The van der Waals surface area contributed by atoms with E-state index in [1.165, 1.54) is 0 Å². The lowest BCUT2D eigenvalue weighted by Crippen LogP contribution is -2.29. The Morgan fingerprint density at radius 1 is 1.40 bits per heavy atom. The summed E-state index contributed by atoms with van der Waals surface area (Å²) in [7, 11) is 1.96. The van der Waals surface area contributed by atoms with E-state index < -0.39 is 5.60 Å². The average molecular weight is 209 g/mol. The van der Waals surface area contributed by atoms with Gasteiger partial charge in [0.05, 0.1) is 11.8 Å². The first kappa shape index (κ1) is 10.5. The maximum absolute atomic E-state index is 9.99. The second kappa shape index (κ2) is 3.85. The van der Waals surface area contributed by atoms with Crippen molar-refractivity contribution in [2.45, 2.75) is 31.8 Å². The smallest absolute Gasteiger partial charge is 0.126 e. The Morgan fingerprint density at radius 2 is 2.20 bits per heavy atom. The summed E-state index contributed by atoms with van der Waals surface area (Å²) < 4.78 is 1.89. The first-order valence-electron chi connectivity index (χ1n) is 5.54. The largest absolute Gasteiger partial charge is 0.390 e. The number of aryl methyl sites for hydroxylation is 1. The number of nitrogens with zero attached hydrogens (tertiary/aromatic N) is 3. The van der Waals surface area contributed by atoms with Gasteiger partial charge in [-0.1, -0.05) is 0 Å². The normalized spacial score (nSPS) is 27.8. The van der Waals surface area contributed by atoms with E-state index in [0.29, 0.717) is 0 Å². The van der Waals surface area contributed by atoms with Crippen LogP contribution in [0, 0.1) is 0 Å². The molecule has 0 spiro atoms. The van der Waals surface area contributed by atoms with Gasteiger partial charge in [-0.15, -0.1) is 0 Å². The molecule has 4 heteroatoms. The zero-order chi connectivity index (χ0) is 10.9. The van der Waals surface area contributed by atoms with E-state index in [1.54, 1.807) is 0 Å². The molecule has 0 saturated carbocycles. The summed E-state index contributed by atoms with van der Waals surface area (Å²) in [5.74, 6) is 1.15. The summed E-state index contributed by atoms with van der Waals surface area (Å²) >= 11 is 0. The molecule has 1 aromatic rings. The monoisotopic (exact) mass is 209 g/mol. The van der Waals surface area contributed by atoms with Crippen molar-refractivity contribution in [3.8, 4) is 0 Å². The van der Waals surface area contributed by atoms with Crippen molar-refractivity contribution < 1.29 is 5.11 Å². The molecule has 1 atom stereocenters. The fraction of sp³-hybridized carbons (Fsp3) is 0.727. The molecular formula is C11H19N3O. The lowest BCUT2D eigenvalue weighted by atomic mass is 9.98. The van der Waals surface area contributed by atoms with Crippen LogP contribution in [0.4, 0.5) is 5.82 Å². The molecule has 0 aliphatic carbocycles. The van der Waals surface area contributed by atoms with Crippen molar-refractivity contribution in [3.05, 3.63) is 12.3 Å². The van der Waals surface area contributed by atoms with Gasteiger partial charge in [0.2, 0.25) is 0 Å². The van der Waals surface area contributed by atoms with Crippen LogP contribution in [0.15, 0.2) is 12.3 Å². The Morgan fingerprint density at radius 3 is 2.87 bits per heavy atom.